The minimum atomic E-state index is -0.343. The summed E-state index contributed by atoms with van der Waals surface area (Å²) in [5.74, 6) is 4.02. The zero-order valence-corrected chi connectivity index (χ0v) is 42.2. The number of amides is 1. The summed E-state index contributed by atoms with van der Waals surface area (Å²) in [7, 11) is 4.26. The number of pyridine rings is 1. The molecule has 9 heteroatoms. The van der Waals surface area contributed by atoms with Crippen LogP contribution >= 0.6 is 0 Å². The van der Waals surface area contributed by atoms with Crippen LogP contribution in [0, 0.1) is 79.3 Å². The Morgan fingerprint density at radius 2 is 1.57 bits per heavy atom. The van der Waals surface area contributed by atoms with Crippen molar-refractivity contribution in [2.45, 2.75) is 177 Å². The highest BCUT2D eigenvalue weighted by molar-refractivity contribution is 5.85. The maximum absolute atomic E-state index is 16.1. The molecule has 10 rings (SSSR count). The SMILES string of the molecule is CC(=O)[C@@H]1C[C@H](C(=O)O[C@H]2CC[C@]3(C)[C@H]4CC[C@@H]5[C@H]6[C@H](C7(C)CC7)CC[C@]6(C(=O)N6CCC[C@H]6c6nc(-c7cccnc7)cn6CCN(C)C)CC[C@@]5(C)[C@]4(C)CC[C@H]3C2(C)C)C1(C)C. The third-order valence-electron chi connectivity index (χ3n) is 22.4. The standard InChI is InChI=1S/C56H83N5O4/c1-35(62)39-32-40(50(39,2)3)48(63)65-45-20-21-53(7)43(51(45,4)5)19-22-55(9)44(53)17-16-38-46-37(52(6)24-25-52)18-23-56(46,27-26-54(38,55)8)49(64)61-29-13-15-42(61)47-58-41(36-14-12-28-57-33-36)34-60(47)31-30-59(10)11/h12,14,28,33-34,37-40,42-46H,13,15-27,29-32H2,1-11H3/t37-,38-,39+,40-,42+,43+,44-,45+,46-,53+,54-,55-,56+/m1/s1. The molecule has 8 aliphatic rings. The highest BCUT2D eigenvalue weighted by atomic mass is 16.5. The monoisotopic (exact) mass is 890 g/mol. The van der Waals surface area contributed by atoms with E-state index in [1.165, 1.54) is 44.9 Å². The molecule has 0 bridgehead atoms. The molecule has 65 heavy (non-hydrogen) atoms. The highest BCUT2D eigenvalue weighted by Gasteiger charge is 2.74. The number of hydrogen-bond acceptors (Lipinski definition) is 7. The molecule has 1 saturated heterocycles. The molecule has 1 amide bonds. The summed E-state index contributed by atoms with van der Waals surface area (Å²) in [6, 6.07) is 4.08. The Bertz CT molecular complexity index is 2190. The van der Waals surface area contributed by atoms with Gasteiger partial charge in [0.2, 0.25) is 5.91 Å². The molecule has 0 N–H and O–H groups in total. The molecular formula is C56H83N5O4. The second-order valence-electron chi connectivity index (χ2n) is 26.1. The molecule has 2 aromatic rings. The fraction of sp³-hybridized carbons (Fsp3) is 0.804. The van der Waals surface area contributed by atoms with E-state index in [4.69, 9.17) is 9.72 Å². The van der Waals surface area contributed by atoms with Gasteiger partial charge in [-0.25, -0.2) is 4.98 Å². The van der Waals surface area contributed by atoms with Gasteiger partial charge in [-0.15, -0.1) is 0 Å². The maximum Gasteiger partial charge on any atom is 0.309 e. The lowest BCUT2D eigenvalue weighted by Crippen LogP contribution is -2.67. The van der Waals surface area contributed by atoms with Crippen molar-refractivity contribution in [3.05, 3.63) is 36.5 Å². The first-order valence-electron chi connectivity index (χ1n) is 26.3. The van der Waals surface area contributed by atoms with Gasteiger partial charge in [0.1, 0.15) is 17.7 Å². The van der Waals surface area contributed by atoms with Gasteiger partial charge in [0, 0.05) is 55.1 Å². The Hall–Kier alpha value is -3.07. The van der Waals surface area contributed by atoms with Crippen LogP contribution in [0.15, 0.2) is 30.7 Å². The number of aromatic nitrogens is 3. The number of likely N-dealkylation sites (tertiary alicyclic amines) is 1. The summed E-state index contributed by atoms with van der Waals surface area (Å²) >= 11 is 0. The van der Waals surface area contributed by atoms with E-state index in [0.29, 0.717) is 47.3 Å². The van der Waals surface area contributed by atoms with Crippen molar-refractivity contribution >= 4 is 17.7 Å². The predicted molar refractivity (Wildman–Crippen MR) is 255 cm³/mol. The highest BCUT2D eigenvalue weighted by Crippen LogP contribution is 2.79. The topological polar surface area (TPSA) is 97.6 Å². The van der Waals surface area contributed by atoms with Crippen LogP contribution in [-0.2, 0) is 25.7 Å². The quantitative estimate of drug-likeness (QED) is 0.219. The summed E-state index contributed by atoms with van der Waals surface area (Å²) in [5, 5.41) is 0. The number of carbonyl (C=O) groups excluding carboxylic acids is 3. The molecule has 8 fully saturated rings. The molecule has 2 aromatic heterocycles. The van der Waals surface area contributed by atoms with Crippen LogP contribution in [0.4, 0.5) is 0 Å². The second kappa shape index (κ2) is 15.5. The zero-order valence-electron chi connectivity index (χ0n) is 42.2. The number of rotatable bonds is 10. The van der Waals surface area contributed by atoms with E-state index in [9.17, 15) is 9.59 Å². The van der Waals surface area contributed by atoms with E-state index in [1.54, 1.807) is 6.92 Å². The molecule has 0 spiro atoms. The van der Waals surface area contributed by atoms with Gasteiger partial charge < -0.3 is 19.1 Å². The fourth-order valence-electron chi connectivity index (χ4n) is 18.1. The normalized spacial score (nSPS) is 42.0. The molecule has 9 nitrogen and oxygen atoms in total. The largest absolute Gasteiger partial charge is 0.462 e. The third-order valence-corrected chi connectivity index (χ3v) is 22.4. The first-order valence-corrected chi connectivity index (χ1v) is 26.3. The molecule has 7 saturated carbocycles. The zero-order chi connectivity index (χ0) is 46.3. The van der Waals surface area contributed by atoms with E-state index < -0.39 is 0 Å². The van der Waals surface area contributed by atoms with Crippen LogP contribution in [-0.4, -0.2) is 75.3 Å². The summed E-state index contributed by atoms with van der Waals surface area (Å²) in [6.07, 6.45) is 22.3. The summed E-state index contributed by atoms with van der Waals surface area (Å²) in [6.45, 7) is 23.9. The van der Waals surface area contributed by atoms with Gasteiger partial charge in [0.25, 0.3) is 0 Å². The number of ether oxygens (including phenoxy) is 1. The number of esters is 1. The van der Waals surface area contributed by atoms with Gasteiger partial charge in [-0.1, -0.05) is 55.4 Å². The number of imidazole rings is 1. The van der Waals surface area contributed by atoms with E-state index in [-0.39, 0.29) is 68.2 Å². The van der Waals surface area contributed by atoms with Crippen LogP contribution in [0.5, 0.6) is 0 Å². The van der Waals surface area contributed by atoms with Crippen molar-refractivity contribution in [1.82, 2.24) is 24.3 Å². The molecule has 0 unspecified atom stereocenters. The van der Waals surface area contributed by atoms with Crippen LogP contribution in [0.2, 0.25) is 0 Å². The Balaban J connectivity index is 0.928. The second-order valence-corrected chi connectivity index (χ2v) is 26.1. The summed E-state index contributed by atoms with van der Waals surface area (Å²) in [4.78, 5) is 56.7. The van der Waals surface area contributed by atoms with Gasteiger partial charge in [-0.3, -0.25) is 19.4 Å². The van der Waals surface area contributed by atoms with E-state index in [0.717, 1.165) is 81.7 Å². The molecule has 356 valence electrons. The molecule has 13 atom stereocenters. The number of ketones is 1. The van der Waals surface area contributed by atoms with Crippen LogP contribution < -0.4 is 0 Å². The summed E-state index contributed by atoms with van der Waals surface area (Å²) < 4.78 is 8.95. The van der Waals surface area contributed by atoms with Crippen molar-refractivity contribution in [2.75, 3.05) is 27.2 Å². The van der Waals surface area contributed by atoms with Crippen molar-refractivity contribution < 1.29 is 19.1 Å². The summed E-state index contributed by atoms with van der Waals surface area (Å²) in [5.41, 5.74) is 2.07. The van der Waals surface area contributed by atoms with E-state index >= 15 is 4.79 Å². The van der Waals surface area contributed by atoms with Crippen LogP contribution in [0.3, 0.4) is 0 Å². The molecule has 3 heterocycles. The Morgan fingerprint density at radius 1 is 0.800 bits per heavy atom. The fourth-order valence-corrected chi connectivity index (χ4v) is 18.1. The lowest BCUT2D eigenvalue weighted by Gasteiger charge is -2.73. The lowest BCUT2D eigenvalue weighted by atomic mass is 9.32. The number of Topliss-reactive ketones (excluding diaryl/α,β-unsaturated/α-hetero) is 1. The minimum Gasteiger partial charge on any atom is -0.462 e. The first kappa shape index (κ1) is 45.7. The predicted octanol–water partition coefficient (Wildman–Crippen LogP) is 11.2. The van der Waals surface area contributed by atoms with E-state index in [2.05, 4.69) is 101 Å². The van der Waals surface area contributed by atoms with Gasteiger partial charge in [-0.2, -0.15) is 0 Å². The van der Waals surface area contributed by atoms with Gasteiger partial charge in [0.15, 0.2) is 0 Å². The number of carbonyl (C=O) groups is 3. The Kier molecular flexibility index (Phi) is 10.9. The molecule has 0 aromatic carbocycles. The van der Waals surface area contributed by atoms with Crippen molar-refractivity contribution in [3.63, 3.8) is 0 Å². The number of nitrogens with zero attached hydrogens (tertiary/aromatic N) is 5. The average Bonchev–Trinajstić information content (AvgIpc) is 3.59. The molecule has 1 aliphatic heterocycles. The average molecular weight is 890 g/mol. The van der Waals surface area contributed by atoms with Crippen LogP contribution in [0.25, 0.3) is 11.3 Å². The molecular weight excluding hydrogens is 807 g/mol. The first-order chi connectivity index (χ1) is 30.6. The molecule has 7 aliphatic carbocycles. The van der Waals surface area contributed by atoms with Gasteiger partial charge >= 0.3 is 5.97 Å². The third kappa shape index (κ3) is 6.68. The Labute approximate surface area is 391 Å². The maximum atomic E-state index is 16.1. The number of fused-ring (bicyclic) bond motifs is 7. The van der Waals surface area contributed by atoms with Crippen molar-refractivity contribution in [1.29, 1.82) is 0 Å². The molecule has 0 radical (unpaired) electrons. The van der Waals surface area contributed by atoms with Crippen molar-refractivity contribution in [3.8, 4) is 11.3 Å². The van der Waals surface area contributed by atoms with Crippen molar-refractivity contribution in [2.24, 2.45) is 79.3 Å². The Morgan fingerprint density at radius 3 is 2.25 bits per heavy atom. The minimum absolute atomic E-state index is 0.00659. The van der Waals surface area contributed by atoms with E-state index in [1.807, 2.05) is 18.5 Å². The van der Waals surface area contributed by atoms with Gasteiger partial charge in [0.05, 0.1) is 23.1 Å². The number of hydrogen-bond donors (Lipinski definition) is 0. The van der Waals surface area contributed by atoms with Crippen LogP contribution in [0.1, 0.15) is 170 Å². The smallest absolute Gasteiger partial charge is 0.309 e. The lowest BCUT2D eigenvalue weighted by molar-refractivity contribution is -0.253. The number of likely N-dealkylation sites (N-methyl/N-ethyl adjacent to an activating group) is 1. The van der Waals surface area contributed by atoms with Gasteiger partial charge in [-0.05, 0) is 186 Å².